The maximum absolute atomic E-state index is 12.2. The molecule has 0 spiro atoms. The van der Waals surface area contributed by atoms with Crippen molar-refractivity contribution >= 4 is 17.7 Å². The van der Waals surface area contributed by atoms with Crippen molar-refractivity contribution < 1.29 is 9.21 Å². The maximum Gasteiger partial charge on any atom is 0.322 e. The molecule has 0 aromatic carbocycles. The van der Waals surface area contributed by atoms with Crippen molar-refractivity contribution in [1.82, 2.24) is 15.2 Å². The zero-order chi connectivity index (χ0) is 15.2. The molecule has 0 radical (unpaired) electrons. The van der Waals surface area contributed by atoms with E-state index in [0.717, 1.165) is 25.1 Å². The van der Waals surface area contributed by atoms with Crippen molar-refractivity contribution in [2.24, 2.45) is 0 Å². The quantitative estimate of drug-likeness (QED) is 0.848. The number of pyridine rings is 1. The fourth-order valence-corrected chi connectivity index (χ4v) is 1.89. The molecule has 2 aromatic heterocycles. The van der Waals surface area contributed by atoms with Crippen LogP contribution in [0.2, 0.25) is 0 Å². The Morgan fingerprint density at radius 1 is 1.29 bits per heavy atom. The number of rotatable bonds is 6. The van der Waals surface area contributed by atoms with Crippen molar-refractivity contribution in [3.8, 4) is 0 Å². The Labute approximate surface area is 123 Å². The molecule has 7 heteroatoms. The van der Waals surface area contributed by atoms with Crippen LogP contribution in [-0.2, 0) is 6.42 Å². The molecule has 0 atom stereocenters. The number of nitrogens with zero attached hydrogens (tertiary/aromatic N) is 3. The third-order valence-electron chi connectivity index (χ3n) is 2.75. The number of aromatic nitrogens is 3. The van der Waals surface area contributed by atoms with Gasteiger partial charge in [-0.3, -0.25) is 10.1 Å². The van der Waals surface area contributed by atoms with E-state index >= 15 is 0 Å². The number of hydrogen-bond acceptors (Lipinski definition) is 6. The van der Waals surface area contributed by atoms with E-state index in [9.17, 15) is 4.79 Å². The van der Waals surface area contributed by atoms with E-state index < -0.39 is 0 Å². The van der Waals surface area contributed by atoms with E-state index in [4.69, 9.17) is 4.42 Å². The normalized spacial score (nSPS) is 10.4. The molecule has 2 N–H and O–H groups in total. The molecular formula is C14H19N5O2. The number of amides is 1. The van der Waals surface area contributed by atoms with Crippen LogP contribution in [0.15, 0.2) is 16.5 Å². The van der Waals surface area contributed by atoms with Gasteiger partial charge in [-0.25, -0.2) is 4.98 Å². The van der Waals surface area contributed by atoms with Crippen molar-refractivity contribution in [3.05, 3.63) is 29.3 Å². The van der Waals surface area contributed by atoms with Gasteiger partial charge in [0, 0.05) is 24.7 Å². The van der Waals surface area contributed by atoms with Crippen LogP contribution in [0.25, 0.3) is 0 Å². The lowest BCUT2D eigenvalue weighted by atomic mass is 10.1. The standard InChI is InChI=1S/C14H19N5O2/c1-4-6-11-7-10(8-12(16-11)15-5-2)13(20)17-14-19-18-9(3)21-14/h7-8H,4-6H2,1-3H3,(H,15,16)(H,17,19,20). The molecule has 0 fully saturated rings. The second kappa shape index (κ2) is 6.83. The Bertz CT molecular complexity index is 599. The summed E-state index contributed by atoms with van der Waals surface area (Å²) in [6.45, 7) is 6.46. The lowest BCUT2D eigenvalue weighted by Crippen LogP contribution is -2.14. The van der Waals surface area contributed by atoms with E-state index in [0.29, 0.717) is 17.3 Å². The maximum atomic E-state index is 12.2. The SMILES string of the molecule is CCCc1cc(C(=O)Nc2nnc(C)o2)cc(NCC)n1. The fraction of sp³-hybridized carbons (Fsp3) is 0.429. The lowest BCUT2D eigenvalue weighted by Gasteiger charge is -2.08. The molecule has 0 aliphatic heterocycles. The highest BCUT2D eigenvalue weighted by Crippen LogP contribution is 2.14. The number of aryl methyl sites for hydroxylation is 2. The third kappa shape index (κ3) is 4.01. The lowest BCUT2D eigenvalue weighted by molar-refractivity contribution is 0.102. The number of carbonyl (C=O) groups excluding carboxylic acids is 1. The summed E-state index contributed by atoms with van der Waals surface area (Å²) in [4.78, 5) is 16.7. The summed E-state index contributed by atoms with van der Waals surface area (Å²) >= 11 is 0. The summed E-state index contributed by atoms with van der Waals surface area (Å²) in [5.74, 6) is 0.799. The molecule has 112 valence electrons. The summed E-state index contributed by atoms with van der Waals surface area (Å²) in [5, 5.41) is 13.1. The molecule has 0 aliphatic carbocycles. The number of anilines is 2. The average molecular weight is 289 g/mol. The monoisotopic (exact) mass is 289 g/mol. The third-order valence-corrected chi connectivity index (χ3v) is 2.75. The topological polar surface area (TPSA) is 92.9 Å². The molecule has 1 amide bonds. The first-order valence-corrected chi connectivity index (χ1v) is 6.98. The van der Waals surface area contributed by atoms with Gasteiger partial charge in [0.25, 0.3) is 5.91 Å². The van der Waals surface area contributed by atoms with E-state index in [-0.39, 0.29) is 11.9 Å². The van der Waals surface area contributed by atoms with Gasteiger partial charge in [-0.15, -0.1) is 5.10 Å². The summed E-state index contributed by atoms with van der Waals surface area (Å²) in [6.07, 6.45) is 1.78. The molecule has 2 aromatic rings. The summed E-state index contributed by atoms with van der Waals surface area (Å²) in [6, 6.07) is 3.58. The minimum atomic E-state index is -0.294. The second-order valence-electron chi connectivity index (χ2n) is 4.59. The largest absolute Gasteiger partial charge is 0.408 e. The van der Waals surface area contributed by atoms with Crippen LogP contribution in [-0.4, -0.2) is 27.6 Å². The molecule has 0 bridgehead atoms. The van der Waals surface area contributed by atoms with Gasteiger partial charge in [0.2, 0.25) is 5.89 Å². The highest BCUT2D eigenvalue weighted by atomic mass is 16.4. The van der Waals surface area contributed by atoms with Gasteiger partial charge in [0.15, 0.2) is 0 Å². The molecule has 0 unspecified atom stereocenters. The Balaban J connectivity index is 2.21. The van der Waals surface area contributed by atoms with Crippen LogP contribution in [0, 0.1) is 6.92 Å². The predicted octanol–water partition coefficient (Wildman–Crippen LogP) is 2.41. The van der Waals surface area contributed by atoms with Gasteiger partial charge in [-0.2, -0.15) is 0 Å². The first-order valence-electron chi connectivity index (χ1n) is 6.98. The van der Waals surface area contributed by atoms with Crippen molar-refractivity contribution in [3.63, 3.8) is 0 Å². The first kappa shape index (κ1) is 15.0. The highest BCUT2D eigenvalue weighted by Gasteiger charge is 2.13. The molecular weight excluding hydrogens is 270 g/mol. The summed E-state index contributed by atoms with van der Waals surface area (Å²) < 4.78 is 5.15. The smallest absolute Gasteiger partial charge is 0.322 e. The average Bonchev–Trinajstić information content (AvgIpc) is 2.84. The molecule has 0 saturated carbocycles. The molecule has 2 heterocycles. The van der Waals surface area contributed by atoms with Gasteiger partial charge >= 0.3 is 6.01 Å². The minimum absolute atomic E-state index is 0.0938. The zero-order valence-electron chi connectivity index (χ0n) is 12.4. The van der Waals surface area contributed by atoms with Gasteiger partial charge in [-0.05, 0) is 25.5 Å². The number of nitrogens with one attached hydrogen (secondary N) is 2. The number of hydrogen-bond donors (Lipinski definition) is 2. The first-order chi connectivity index (χ1) is 10.1. The van der Waals surface area contributed by atoms with Crippen molar-refractivity contribution in [2.45, 2.75) is 33.6 Å². The molecule has 2 rings (SSSR count). The second-order valence-corrected chi connectivity index (χ2v) is 4.59. The van der Waals surface area contributed by atoms with E-state index in [2.05, 4.69) is 32.7 Å². The Morgan fingerprint density at radius 3 is 2.71 bits per heavy atom. The highest BCUT2D eigenvalue weighted by molar-refractivity contribution is 6.03. The van der Waals surface area contributed by atoms with Crippen LogP contribution in [0.3, 0.4) is 0 Å². The van der Waals surface area contributed by atoms with Gasteiger partial charge in [-0.1, -0.05) is 18.4 Å². The summed E-state index contributed by atoms with van der Waals surface area (Å²) in [7, 11) is 0. The van der Waals surface area contributed by atoms with Crippen LogP contribution >= 0.6 is 0 Å². The fourth-order valence-electron chi connectivity index (χ4n) is 1.89. The van der Waals surface area contributed by atoms with Gasteiger partial charge in [0.1, 0.15) is 5.82 Å². The van der Waals surface area contributed by atoms with Crippen LogP contribution in [0.1, 0.15) is 42.2 Å². The Kier molecular flexibility index (Phi) is 4.86. The van der Waals surface area contributed by atoms with E-state index in [1.807, 2.05) is 6.92 Å². The van der Waals surface area contributed by atoms with Crippen molar-refractivity contribution in [1.29, 1.82) is 0 Å². The number of carbonyl (C=O) groups is 1. The minimum Gasteiger partial charge on any atom is -0.408 e. The molecule has 7 nitrogen and oxygen atoms in total. The van der Waals surface area contributed by atoms with Gasteiger partial charge < -0.3 is 9.73 Å². The Morgan fingerprint density at radius 2 is 2.10 bits per heavy atom. The van der Waals surface area contributed by atoms with Crippen LogP contribution in [0.5, 0.6) is 0 Å². The van der Waals surface area contributed by atoms with E-state index in [1.54, 1.807) is 19.1 Å². The van der Waals surface area contributed by atoms with Crippen LogP contribution in [0.4, 0.5) is 11.8 Å². The molecule has 21 heavy (non-hydrogen) atoms. The predicted molar refractivity (Wildman–Crippen MR) is 79.4 cm³/mol. The Hall–Kier alpha value is -2.44. The molecule has 0 aliphatic rings. The van der Waals surface area contributed by atoms with Gasteiger partial charge in [0.05, 0.1) is 0 Å². The zero-order valence-corrected chi connectivity index (χ0v) is 12.4. The van der Waals surface area contributed by atoms with E-state index in [1.165, 1.54) is 0 Å². The molecule has 0 saturated heterocycles. The summed E-state index contributed by atoms with van der Waals surface area (Å²) in [5.41, 5.74) is 1.39. The van der Waals surface area contributed by atoms with Crippen molar-refractivity contribution in [2.75, 3.05) is 17.2 Å². The van der Waals surface area contributed by atoms with Crippen LogP contribution < -0.4 is 10.6 Å².